The van der Waals surface area contributed by atoms with Gasteiger partial charge in [-0.1, -0.05) is 18.0 Å². The molecule has 0 unspecified atom stereocenters. The molecule has 1 N–H and O–H groups in total. The number of hydrogen-bond acceptors (Lipinski definition) is 4. The average molecular weight is 319 g/mol. The monoisotopic (exact) mass is 318 g/mol. The minimum absolute atomic E-state index is 0.268. The van der Waals surface area contributed by atoms with Crippen LogP contribution in [0.3, 0.4) is 0 Å². The molecule has 2 saturated carbocycles. The molecule has 0 spiro atoms. The number of fused-ring (bicyclic) bond motifs is 1. The molecule has 0 amide bonds. The van der Waals surface area contributed by atoms with E-state index >= 15 is 0 Å². The molecule has 0 aromatic carbocycles. The first kappa shape index (κ1) is 14.2. The number of ether oxygens (including phenoxy) is 1. The molecule has 4 nitrogen and oxygen atoms in total. The lowest BCUT2D eigenvalue weighted by molar-refractivity contribution is -0.0389. The van der Waals surface area contributed by atoms with E-state index in [0.717, 1.165) is 42.0 Å². The van der Waals surface area contributed by atoms with E-state index in [2.05, 4.69) is 9.97 Å². The van der Waals surface area contributed by atoms with Gasteiger partial charge in [-0.15, -0.1) is 0 Å². The lowest BCUT2D eigenvalue weighted by Gasteiger charge is -2.39. The molecule has 0 radical (unpaired) electrons. The number of pyridine rings is 2. The first-order valence-corrected chi connectivity index (χ1v) is 8.27. The van der Waals surface area contributed by atoms with Gasteiger partial charge in [0.25, 0.3) is 0 Å². The Bertz CT molecular complexity index is 724. The fourth-order valence-electron chi connectivity index (χ4n) is 3.12. The van der Waals surface area contributed by atoms with Gasteiger partial charge < -0.3 is 9.84 Å². The molecule has 2 fully saturated rings. The van der Waals surface area contributed by atoms with E-state index in [-0.39, 0.29) is 12.0 Å². The molecule has 22 heavy (non-hydrogen) atoms. The van der Waals surface area contributed by atoms with Crippen LogP contribution in [-0.2, 0) is 5.60 Å². The van der Waals surface area contributed by atoms with E-state index < -0.39 is 5.60 Å². The van der Waals surface area contributed by atoms with Crippen molar-refractivity contribution in [1.82, 2.24) is 9.97 Å². The Balaban J connectivity index is 1.85. The summed E-state index contributed by atoms with van der Waals surface area (Å²) in [6.07, 6.45) is 9.14. The molecule has 2 aromatic heterocycles. The van der Waals surface area contributed by atoms with E-state index in [0.29, 0.717) is 11.0 Å². The number of hydrogen-bond donors (Lipinski definition) is 1. The maximum Gasteiger partial charge on any atom is 0.223 e. The Labute approximate surface area is 134 Å². The Hall–Kier alpha value is -1.39. The molecule has 4 rings (SSSR count). The van der Waals surface area contributed by atoms with Gasteiger partial charge in [0.1, 0.15) is 11.3 Å². The molecule has 0 aliphatic heterocycles. The van der Waals surface area contributed by atoms with Gasteiger partial charge in [-0.25, -0.2) is 9.97 Å². The van der Waals surface area contributed by atoms with Crippen molar-refractivity contribution in [1.29, 1.82) is 0 Å². The molecule has 0 saturated heterocycles. The van der Waals surface area contributed by atoms with Gasteiger partial charge in [-0.2, -0.15) is 0 Å². The van der Waals surface area contributed by atoms with Gasteiger partial charge in [0.2, 0.25) is 5.88 Å². The highest BCUT2D eigenvalue weighted by atomic mass is 35.5. The van der Waals surface area contributed by atoms with Crippen LogP contribution in [0.25, 0.3) is 10.8 Å². The quantitative estimate of drug-likeness (QED) is 0.870. The van der Waals surface area contributed by atoms with Crippen LogP contribution in [0.15, 0.2) is 18.5 Å². The maximum absolute atomic E-state index is 11.0. The molecule has 2 aromatic rings. The highest BCUT2D eigenvalue weighted by Crippen LogP contribution is 2.45. The van der Waals surface area contributed by atoms with E-state index in [9.17, 15) is 5.11 Å². The van der Waals surface area contributed by atoms with Crippen molar-refractivity contribution in [3.05, 3.63) is 29.2 Å². The molecule has 2 heterocycles. The summed E-state index contributed by atoms with van der Waals surface area (Å²) in [5.74, 6) is 0.870. The predicted molar refractivity (Wildman–Crippen MR) is 85.1 cm³/mol. The van der Waals surface area contributed by atoms with Crippen molar-refractivity contribution in [2.24, 2.45) is 5.92 Å². The van der Waals surface area contributed by atoms with Crippen molar-refractivity contribution in [2.45, 2.75) is 50.7 Å². The largest absolute Gasteiger partial charge is 0.474 e. The third-order valence-corrected chi connectivity index (χ3v) is 5.16. The number of aromatic nitrogens is 2. The molecule has 5 heteroatoms. The van der Waals surface area contributed by atoms with Gasteiger partial charge in [0.15, 0.2) is 0 Å². The highest BCUT2D eigenvalue weighted by Gasteiger charge is 2.39. The van der Waals surface area contributed by atoms with Crippen LogP contribution in [0, 0.1) is 5.92 Å². The van der Waals surface area contributed by atoms with Gasteiger partial charge in [0.05, 0.1) is 11.0 Å². The number of aliphatic hydroxyl groups is 1. The normalized spacial score (nSPS) is 21.4. The Morgan fingerprint density at radius 3 is 2.59 bits per heavy atom. The van der Waals surface area contributed by atoms with E-state index in [1.54, 1.807) is 18.5 Å². The molecule has 1 atom stereocenters. The summed E-state index contributed by atoms with van der Waals surface area (Å²) in [5, 5.41) is 13.2. The second-order valence-electron chi connectivity index (χ2n) is 6.62. The highest BCUT2D eigenvalue weighted by molar-refractivity contribution is 6.30. The van der Waals surface area contributed by atoms with Crippen LogP contribution in [0.4, 0.5) is 0 Å². The van der Waals surface area contributed by atoms with E-state index in [1.807, 2.05) is 6.92 Å². The fourth-order valence-corrected chi connectivity index (χ4v) is 3.27. The first-order valence-electron chi connectivity index (χ1n) is 7.89. The SMILES string of the molecule is C[C@@](O)(c1cnc(OC2CC2)c2cnc(Cl)cc12)C1CCC1. The van der Waals surface area contributed by atoms with Crippen molar-refractivity contribution in [2.75, 3.05) is 0 Å². The van der Waals surface area contributed by atoms with Crippen LogP contribution < -0.4 is 4.74 Å². The van der Waals surface area contributed by atoms with Crippen LogP contribution in [0.5, 0.6) is 5.88 Å². The third kappa shape index (κ3) is 2.34. The van der Waals surface area contributed by atoms with Crippen LogP contribution in [-0.4, -0.2) is 21.2 Å². The standard InChI is InChI=1S/C17H19ClN2O2/c1-17(21,10-3-2-4-10)14-9-20-16(22-11-5-6-11)13-8-19-15(18)7-12(13)14/h7-11,21H,2-6H2,1H3/t17-/m0/s1. The zero-order valence-corrected chi connectivity index (χ0v) is 13.3. The lowest BCUT2D eigenvalue weighted by atomic mass is 9.70. The topological polar surface area (TPSA) is 55.2 Å². The fraction of sp³-hybridized carbons (Fsp3) is 0.529. The Kier molecular flexibility index (Phi) is 3.27. The van der Waals surface area contributed by atoms with Crippen molar-refractivity contribution < 1.29 is 9.84 Å². The van der Waals surface area contributed by atoms with Crippen molar-refractivity contribution >= 4 is 22.4 Å². The summed E-state index contributed by atoms with van der Waals surface area (Å²) < 4.78 is 5.87. The van der Waals surface area contributed by atoms with Crippen LogP contribution >= 0.6 is 11.6 Å². The van der Waals surface area contributed by atoms with Gasteiger partial charge in [0, 0.05) is 18.0 Å². The van der Waals surface area contributed by atoms with Crippen LogP contribution in [0.2, 0.25) is 5.15 Å². The number of nitrogens with zero attached hydrogens (tertiary/aromatic N) is 2. The summed E-state index contributed by atoms with van der Waals surface area (Å²) in [6, 6.07) is 1.81. The molecule has 116 valence electrons. The second-order valence-corrected chi connectivity index (χ2v) is 7.01. The van der Waals surface area contributed by atoms with Crippen LogP contribution in [0.1, 0.15) is 44.6 Å². The number of rotatable bonds is 4. The molecular weight excluding hydrogens is 300 g/mol. The molecule has 0 bridgehead atoms. The van der Waals surface area contributed by atoms with Crippen molar-refractivity contribution in [3.8, 4) is 5.88 Å². The minimum atomic E-state index is -0.897. The number of halogens is 1. The predicted octanol–water partition coefficient (Wildman–Crippen LogP) is 3.83. The van der Waals surface area contributed by atoms with Crippen molar-refractivity contribution in [3.63, 3.8) is 0 Å². The van der Waals surface area contributed by atoms with Gasteiger partial charge in [-0.05, 0) is 50.0 Å². The van der Waals surface area contributed by atoms with E-state index in [4.69, 9.17) is 16.3 Å². The Morgan fingerprint density at radius 1 is 1.18 bits per heavy atom. The van der Waals surface area contributed by atoms with E-state index in [1.165, 1.54) is 6.42 Å². The average Bonchev–Trinajstić information content (AvgIpc) is 3.19. The summed E-state index contributed by atoms with van der Waals surface area (Å²) >= 11 is 6.08. The second kappa shape index (κ2) is 5.07. The molecule has 2 aliphatic carbocycles. The summed E-state index contributed by atoms with van der Waals surface area (Å²) in [6.45, 7) is 1.88. The zero-order chi connectivity index (χ0) is 15.3. The Morgan fingerprint density at radius 2 is 1.95 bits per heavy atom. The smallest absolute Gasteiger partial charge is 0.223 e. The zero-order valence-electron chi connectivity index (χ0n) is 12.6. The third-order valence-electron chi connectivity index (χ3n) is 4.95. The summed E-state index contributed by atoms with van der Waals surface area (Å²) in [7, 11) is 0. The maximum atomic E-state index is 11.0. The first-order chi connectivity index (χ1) is 10.6. The van der Waals surface area contributed by atoms with Gasteiger partial charge >= 0.3 is 0 Å². The van der Waals surface area contributed by atoms with Gasteiger partial charge in [-0.3, -0.25) is 0 Å². The molecular formula is C17H19ClN2O2. The summed E-state index contributed by atoms with van der Waals surface area (Å²) in [5.41, 5.74) is -0.0774. The molecule has 2 aliphatic rings. The minimum Gasteiger partial charge on any atom is -0.474 e. The summed E-state index contributed by atoms with van der Waals surface area (Å²) in [4.78, 5) is 8.62. The lowest BCUT2D eigenvalue weighted by Crippen LogP contribution is -2.36.